The highest BCUT2D eigenvalue weighted by Gasteiger charge is 2.38. The number of H-pyrrole nitrogens is 1. The van der Waals surface area contributed by atoms with Gasteiger partial charge in [0, 0.05) is 24.7 Å². The Labute approximate surface area is 158 Å². The predicted octanol–water partition coefficient (Wildman–Crippen LogP) is 4.03. The maximum Gasteiger partial charge on any atom is 0.282 e. The van der Waals surface area contributed by atoms with E-state index in [2.05, 4.69) is 30.9 Å². The molecule has 1 atom stereocenters. The van der Waals surface area contributed by atoms with Crippen LogP contribution in [0.3, 0.4) is 0 Å². The van der Waals surface area contributed by atoms with Crippen molar-refractivity contribution in [1.82, 2.24) is 9.78 Å². The minimum absolute atomic E-state index is 0.0829. The number of aromatic nitrogens is 2. The zero-order valence-corrected chi connectivity index (χ0v) is 16.2. The van der Waals surface area contributed by atoms with Crippen LogP contribution in [0.4, 0.5) is 4.39 Å². The largest absolute Gasteiger partial charge is 0.293 e. The molecule has 0 spiro atoms. The van der Waals surface area contributed by atoms with Crippen molar-refractivity contribution in [3.63, 3.8) is 0 Å². The number of carbonyl (C=O) groups is 1. The van der Waals surface area contributed by atoms with Crippen LogP contribution in [0.1, 0.15) is 67.6 Å². The number of benzene rings is 1. The molecule has 1 aliphatic rings. The molecule has 27 heavy (non-hydrogen) atoms. The third kappa shape index (κ3) is 3.87. The van der Waals surface area contributed by atoms with Crippen LogP contribution in [0.5, 0.6) is 0 Å². The molecule has 0 saturated heterocycles. The fraction of sp³-hybridized carbons (Fsp3) is 0.476. The Hall–Kier alpha value is -2.68. The van der Waals surface area contributed by atoms with Gasteiger partial charge < -0.3 is 0 Å². The average molecular weight is 368 g/mol. The van der Waals surface area contributed by atoms with Gasteiger partial charge in [-0.3, -0.25) is 14.6 Å². The number of hydrogen-bond acceptors (Lipinski definition) is 2. The van der Waals surface area contributed by atoms with E-state index >= 15 is 0 Å². The Morgan fingerprint density at radius 3 is 2.63 bits per heavy atom. The predicted molar refractivity (Wildman–Crippen MR) is 100 cm³/mol. The summed E-state index contributed by atoms with van der Waals surface area (Å²) in [6.45, 7) is 6.69. The number of carbonyl (C=O) groups excluding carboxylic acids is 1. The van der Waals surface area contributed by atoms with Crippen molar-refractivity contribution >= 4 is 5.91 Å². The van der Waals surface area contributed by atoms with E-state index in [-0.39, 0.29) is 16.5 Å². The van der Waals surface area contributed by atoms with Gasteiger partial charge in [-0.1, -0.05) is 27.2 Å². The van der Waals surface area contributed by atoms with E-state index in [1.165, 1.54) is 31.4 Å². The summed E-state index contributed by atoms with van der Waals surface area (Å²) in [7, 11) is 1.91. The maximum absolute atomic E-state index is 14.0. The molecule has 2 aromatic rings. The molecule has 6 heteroatoms. The van der Waals surface area contributed by atoms with E-state index in [0.717, 1.165) is 11.8 Å². The van der Waals surface area contributed by atoms with E-state index in [1.807, 2.05) is 23.9 Å². The Bertz CT molecular complexity index is 967. The van der Waals surface area contributed by atoms with Crippen LogP contribution in [0.15, 0.2) is 29.3 Å². The normalized spacial score (nSPS) is 16.7. The SMILES string of the molecule is Cn1[nH]c(=NC(=O)c2cc(C#N)ccc2F)cc1C(C1CCC1)C(C)(C)C. The smallest absolute Gasteiger partial charge is 0.282 e. The molecule has 142 valence electrons. The van der Waals surface area contributed by atoms with Crippen LogP contribution in [0.25, 0.3) is 0 Å². The number of hydrogen-bond donors (Lipinski definition) is 1. The van der Waals surface area contributed by atoms with E-state index in [9.17, 15) is 9.18 Å². The van der Waals surface area contributed by atoms with Crippen molar-refractivity contribution in [3.8, 4) is 6.07 Å². The summed E-state index contributed by atoms with van der Waals surface area (Å²) >= 11 is 0. The molecule has 0 bridgehead atoms. The van der Waals surface area contributed by atoms with Crippen LogP contribution in [0, 0.1) is 28.5 Å². The number of nitrogens with zero attached hydrogens (tertiary/aromatic N) is 3. The summed E-state index contributed by atoms with van der Waals surface area (Å²) in [4.78, 5) is 16.5. The third-order valence-corrected chi connectivity index (χ3v) is 5.37. The summed E-state index contributed by atoms with van der Waals surface area (Å²) in [6.07, 6.45) is 3.69. The second-order valence-corrected chi connectivity index (χ2v) is 8.38. The lowest BCUT2D eigenvalue weighted by molar-refractivity contribution is 0.0994. The molecule has 1 aliphatic carbocycles. The summed E-state index contributed by atoms with van der Waals surface area (Å²) in [5, 5.41) is 12.0. The number of nitriles is 1. The quantitative estimate of drug-likeness (QED) is 0.888. The van der Waals surface area contributed by atoms with Gasteiger partial charge in [0.2, 0.25) is 0 Å². The highest BCUT2D eigenvalue weighted by atomic mass is 19.1. The number of rotatable bonds is 3. The molecule has 1 saturated carbocycles. The van der Waals surface area contributed by atoms with Crippen molar-refractivity contribution in [3.05, 3.63) is 52.4 Å². The number of halogens is 1. The van der Waals surface area contributed by atoms with Gasteiger partial charge in [0.1, 0.15) is 5.82 Å². The number of aromatic amines is 1. The zero-order valence-electron chi connectivity index (χ0n) is 16.2. The summed E-state index contributed by atoms with van der Waals surface area (Å²) < 4.78 is 15.9. The molecule has 1 aromatic heterocycles. The van der Waals surface area contributed by atoms with Gasteiger partial charge >= 0.3 is 0 Å². The molecular formula is C21H25FN4O. The minimum Gasteiger partial charge on any atom is -0.293 e. The molecule has 1 fully saturated rings. The molecular weight excluding hydrogens is 343 g/mol. The number of amides is 1. The van der Waals surface area contributed by atoms with Gasteiger partial charge in [-0.2, -0.15) is 10.3 Å². The van der Waals surface area contributed by atoms with Gasteiger partial charge in [0.15, 0.2) is 5.49 Å². The van der Waals surface area contributed by atoms with E-state index in [4.69, 9.17) is 5.26 Å². The van der Waals surface area contributed by atoms with Crippen LogP contribution in [-0.4, -0.2) is 15.7 Å². The van der Waals surface area contributed by atoms with Crippen LogP contribution < -0.4 is 5.49 Å². The maximum atomic E-state index is 14.0. The zero-order chi connectivity index (χ0) is 19.8. The van der Waals surface area contributed by atoms with Crippen molar-refractivity contribution in [2.75, 3.05) is 0 Å². The highest BCUT2D eigenvalue weighted by molar-refractivity contribution is 5.95. The Balaban J connectivity index is 1.98. The van der Waals surface area contributed by atoms with Gasteiger partial charge in [0.05, 0.1) is 17.2 Å². The fourth-order valence-corrected chi connectivity index (χ4v) is 3.95. The van der Waals surface area contributed by atoms with E-state index in [0.29, 0.717) is 17.3 Å². The Morgan fingerprint density at radius 1 is 1.37 bits per heavy atom. The van der Waals surface area contributed by atoms with Crippen molar-refractivity contribution in [2.24, 2.45) is 23.4 Å². The monoisotopic (exact) mass is 368 g/mol. The van der Waals surface area contributed by atoms with Crippen LogP contribution >= 0.6 is 0 Å². The molecule has 0 radical (unpaired) electrons. The van der Waals surface area contributed by atoms with E-state index in [1.54, 1.807) is 0 Å². The Kier molecular flexibility index (Phi) is 5.05. The van der Waals surface area contributed by atoms with Crippen LogP contribution in [-0.2, 0) is 7.05 Å². The van der Waals surface area contributed by atoms with Gasteiger partial charge in [-0.15, -0.1) is 0 Å². The van der Waals surface area contributed by atoms with Gasteiger partial charge in [0.25, 0.3) is 5.91 Å². The second-order valence-electron chi connectivity index (χ2n) is 8.38. The average Bonchev–Trinajstić information content (AvgIpc) is 2.89. The molecule has 1 unspecified atom stereocenters. The molecule has 1 amide bonds. The lowest BCUT2D eigenvalue weighted by Crippen LogP contribution is -2.31. The Morgan fingerprint density at radius 2 is 2.07 bits per heavy atom. The first kappa shape index (κ1) is 19.1. The second kappa shape index (κ2) is 7.15. The van der Waals surface area contributed by atoms with Crippen LogP contribution in [0.2, 0.25) is 0 Å². The van der Waals surface area contributed by atoms with Gasteiger partial charge in [-0.25, -0.2) is 4.39 Å². The molecule has 5 nitrogen and oxygen atoms in total. The van der Waals surface area contributed by atoms with Gasteiger partial charge in [-0.05, 0) is 42.4 Å². The molecule has 1 heterocycles. The number of nitrogens with one attached hydrogen (secondary N) is 1. The van der Waals surface area contributed by atoms with E-state index < -0.39 is 11.7 Å². The standard InChI is InChI=1S/C21H25FN4O/c1-21(2,3)19(14-6-5-7-14)17-11-18(25-26(17)4)24-20(27)15-10-13(12-23)8-9-16(15)22/h8-11,14,19H,5-7H2,1-4H3,(H,24,25,27). The lowest BCUT2D eigenvalue weighted by atomic mass is 9.64. The summed E-state index contributed by atoms with van der Waals surface area (Å²) in [5.74, 6) is -0.402. The lowest BCUT2D eigenvalue weighted by Gasteiger charge is -2.41. The first-order valence-corrected chi connectivity index (χ1v) is 9.25. The van der Waals surface area contributed by atoms with Crippen molar-refractivity contribution < 1.29 is 9.18 Å². The molecule has 1 N–H and O–H groups in total. The minimum atomic E-state index is -0.700. The van der Waals surface area contributed by atoms with Crippen molar-refractivity contribution in [1.29, 1.82) is 5.26 Å². The number of aryl methyl sites for hydroxylation is 1. The fourth-order valence-electron chi connectivity index (χ4n) is 3.95. The highest BCUT2D eigenvalue weighted by Crippen LogP contribution is 2.48. The third-order valence-electron chi connectivity index (χ3n) is 5.37. The molecule has 3 rings (SSSR count). The topological polar surface area (TPSA) is 73.9 Å². The first-order valence-electron chi connectivity index (χ1n) is 9.25. The summed E-state index contributed by atoms with van der Waals surface area (Å²) in [6, 6.07) is 7.49. The van der Waals surface area contributed by atoms with Crippen molar-refractivity contribution in [2.45, 2.75) is 46.0 Å². The molecule has 0 aliphatic heterocycles. The summed E-state index contributed by atoms with van der Waals surface area (Å²) in [5.41, 5.74) is 1.61. The molecule has 1 aromatic carbocycles. The first-order chi connectivity index (χ1) is 12.7.